The van der Waals surface area contributed by atoms with E-state index < -0.39 is 0 Å². The number of esters is 7. The number of thiophene rings is 2. The van der Waals surface area contributed by atoms with Gasteiger partial charge in [0.2, 0.25) is 5.76 Å². The van der Waals surface area contributed by atoms with Crippen LogP contribution in [0.1, 0.15) is 227 Å². The molecule has 0 aliphatic rings. The summed E-state index contributed by atoms with van der Waals surface area (Å²) in [5, 5.41) is 3.76. The lowest BCUT2D eigenvalue weighted by Gasteiger charge is -2.37. The molecule has 0 bridgehead atoms. The summed E-state index contributed by atoms with van der Waals surface area (Å²) in [6.07, 6.45) is 17.9. The quantitative estimate of drug-likeness (QED) is 0.0157. The molecule has 28 heteroatoms. The van der Waals surface area contributed by atoms with Crippen LogP contribution in [0.2, 0.25) is 0 Å². The number of unbranched alkanes of at least 4 members (excludes halogenated alkanes) is 2. The normalized spacial score (nSPS) is 12.3. The summed E-state index contributed by atoms with van der Waals surface area (Å²) in [5.74, 6) is -1.56. The molecule has 7 rings (SSSR count). The number of nitrogens with zero attached hydrogens (tertiary/aromatic N) is 7. The van der Waals surface area contributed by atoms with Gasteiger partial charge in [-0.3, -0.25) is 0 Å². The third-order valence-corrected chi connectivity index (χ3v) is 23.9. The van der Waals surface area contributed by atoms with Gasteiger partial charge in [0, 0.05) is 24.8 Å². The second-order valence-electron chi connectivity index (χ2n) is 32.5. The van der Waals surface area contributed by atoms with Crippen LogP contribution in [0.15, 0.2) is 131 Å². The predicted octanol–water partition coefficient (Wildman–Crippen LogP) is 16.8. The van der Waals surface area contributed by atoms with E-state index in [4.69, 9.17) is 37.6 Å². The van der Waals surface area contributed by atoms with E-state index in [1.807, 2.05) is 22.9 Å². The molecule has 2 unspecified atom stereocenters. The predicted molar refractivity (Wildman–Crippen MR) is 489 cm³/mol. The Morgan fingerprint density at radius 2 is 0.537 bits per heavy atom. The third kappa shape index (κ3) is 46.2. The van der Waals surface area contributed by atoms with Crippen LogP contribution in [-0.2, 0) is 33.2 Å². The van der Waals surface area contributed by atoms with Crippen molar-refractivity contribution >= 4 is 64.5 Å². The van der Waals surface area contributed by atoms with E-state index in [2.05, 4.69) is 166 Å². The Kier molecular flexibility index (Phi) is 57.6. The first-order valence-corrected chi connectivity index (χ1v) is 46.3. The molecule has 2 atom stereocenters. The van der Waals surface area contributed by atoms with Gasteiger partial charge >= 0.3 is 41.8 Å². The van der Waals surface area contributed by atoms with E-state index in [-0.39, 0.29) is 47.5 Å². The maximum Gasteiger partial charge on any atom is 0.374 e. The lowest BCUT2D eigenvalue weighted by atomic mass is 10.2. The number of H-pyrrole nitrogens is 4. The molecule has 7 aromatic rings. The zero-order chi connectivity index (χ0) is 90.5. The number of aromatic amines is 4. The number of carbonyl (C=O) groups excluding carboxylic acids is 7. The van der Waals surface area contributed by atoms with Crippen molar-refractivity contribution in [1.29, 1.82) is 0 Å². The van der Waals surface area contributed by atoms with Crippen LogP contribution in [0.25, 0.3) is 0 Å². The summed E-state index contributed by atoms with van der Waals surface area (Å²) >= 11 is 2.84. The Hall–Kier alpha value is -8.19. The van der Waals surface area contributed by atoms with Crippen LogP contribution in [0.5, 0.6) is 0 Å². The first kappa shape index (κ1) is 111. The lowest BCUT2D eigenvalue weighted by Crippen LogP contribution is -2.51. The van der Waals surface area contributed by atoms with Crippen molar-refractivity contribution in [2.75, 3.05) is 233 Å². The zero-order valence-corrected chi connectivity index (χ0v) is 80.0. The summed E-state index contributed by atoms with van der Waals surface area (Å²) in [4.78, 5) is 94.0. The molecule has 0 fully saturated rings. The number of nitrogens with one attached hydrogen (secondary N) is 4. The number of ether oxygens (including phenoxy) is 7. The molecular weight excluding hydrogens is 1580 g/mol. The maximum absolute atomic E-state index is 11.8. The van der Waals surface area contributed by atoms with E-state index in [0.29, 0.717) is 78.8 Å². The number of hydrogen-bond acceptors (Lipinski definition) is 17. The Morgan fingerprint density at radius 3 is 0.752 bits per heavy atom. The Balaban J connectivity index is 0.000000708. The molecular formula is C93H162N11O15S2+7. The van der Waals surface area contributed by atoms with Crippen LogP contribution in [0.3, 0.4) is 0 Å². The van der Waals surface area contributed by atoms with Gasteiger partial charge in [-0.25, -0.2) is 33.6 Å². The van der Waals surface area contributed by atoms with Gasteiger partial charge in [-0.2, -0.15) is 0 Å². The summed E-state index contributed by atoms with van der Waals surface area (Å²) in [6, 6.07) is 24.7. The number of likely N-dealkylation sites (N-methyl/N-ethyl adjacent to an activating group) is 7. The average molecular weight is 1740 g/mol. The van der Waals surface area contributed by atoms with Crippen molar-refractivity contribution in [2.24, 2.45) is 0 Å². The molecule has 0 amide bonds. The average Bonchev–Trinajstić information content (AvgIpc) is 1.84. The number of furan rings is 1. The highest BCUT2D eigenvalue weighted by molar-refractivity contribution is 7.12. The molecule has 7 heterocycles. The molecule has 0 saturated carbocycles. The minimum Gasteiger partial charge on any atom is -0.457 e. The molecule has 684 valence electrons. The number of hydrogen-bond donors (Lipinski definition) is 4. The molecule has 0 radical (unpaired) electrons. The van der Waals surface area contributed by atoms with Crippen molar-refractivity contribution in [3.8, 4) is 0 Å². The molecule has 26 nitrogen and oxygen atoms in total. The minimum atomic E-state index is -0.365. The Morgan fingerprint density at radius 1 is 0.281 bits per heavy atom. The van der Waals surface area contributed by atoms with E-state index >= 15 is 0 Å². The van der Waals surface area contributed by atoms with E-state index in [1.54, 1.807) is 97.6 Å². The third-order valence-electron chi connectivity index (χ3n) is 22.2. The smallest absolute Gasteiger partial charge is 0.374 e. The summed E-state index contributed by atoms with van der Waals surface area (Å²) < 4.78 is 48.6. The lowest BCUT2D eigenvalue weighted by molar-refractivity contribution is -0.926. The molecule has 0 aliphatic heterocycles. The Bertz CT molecular complexity index is 3470. The van der Waals surface area contributed by atoms with E-state index in [0.717, 1.165) is 169 Å². The van der Waals surface area contributed by atoms with Crippen LogP contribution in [0.4, 0.5) is 0 Å². The van der Waals surface area contributed by atoms with Crippen molar-refractivity contribution in [3.05, 3.63) is 165 Å². The topological polar surface area (TPSA) is 260 Å². The van der Waals surface area contributed by atoms with Gasteiger partial charge in [0.25, 0.3) is 0 Å². The molecule has 121 heavy (non-hydrogen) atoms. The van der Waals surface area contributed by atoms with Crippen LogP contribution < -0.4 is 0 Å². The van der Waals surface area contributed by atoms with Gasteiger partial charge < -0.3 is 88.9 Å². The molecule has 7 aromatic heterocycles. The Labute approximate surface area is 735 Å². The van der Waals surface area contributed by atoms with Crippen LogP contribution in [0, 0.1) is 0 Å². The first-order valence-electron chi connectivity index (χ1n) is 44.5. The summed E-state index contributed by atoms with van der Waals surface area (Å²) in [5.41, 5.74) is 2.09. The highest BCUT2D eigenvalue weighted by Crippen LogP contribution is 2.18. The van der Waals surface area contributed by atoms with Crippen LogP contribution >= 0.6 is 22.7 Å². The molecule has 0 aromatic carbocycles. The monoisotopic (exact) mass is 1740 g/mol. The summed E-state index contributed by atoms with van der Waals surface area (Å²) in [6.45, 7) is 59.3. The minimum absolute atomic E-state index is 0.193. The number of aromatic nitrogens is 4. The van der Waals surface area contributed by atoms with Gasteiger partial charge in [0.1, 0.15) is 125 Å². The fraction of sp³-hybridized carbons (Fsp3) is 0.624. The van der Waals surface area contributed by atoms with Gasteiger partial charge in [-0.05, 0) is 184 Å². The molecule has 0 aliphatic carbocycles. The SMILES string of the molecule is CCCC[N+](CC)(CCC)CCOC(=O)c1ccc[nH]1.CCCC[N+](CC)(CCC)CCOC(=O)c1ccco1.CCC[N+](CC)(CCC)CCOC(=O)c1ccc[nH]1.CC[N+](CC)(CC)CCOC(=O)c1ccc[nH]1.CC[N+](CC)(CC)CCOC(=O)c1cccs1.C[N+](C)(C)CCOC(=O)c1ccc[nH]1.C[N+](C)(C)CCOC(=O)c1cccs1. The standard InChI is InChI=1S/C16H28N2O2.C16H28NO3.C15H26N2O2.C13H22N2O2.C13H22NO2S.C10H16N2O2.C10H16NO2S/c1-4-7-12-18(6-3,11-5-2)13-14-20-16(19)15-9-8-10-17-15;1-4-7-11-17(6-3,10-5-2)12-14-20-16(18)15-9-8-13-19-15;1-4-10-17(6-3,11-5-2)12-13-19-15(18)14-8-7-9-16-14;1-4-15(5-2,6-3)10-11-17-13(16)12-8-7-9-14-12;1-4-14(5-2,6-3)9-10-16-13(15)12-8-7-11-17-12;1-12(2,3)7-8-14-10(13)9-5-4-6-11-9;1-11(2,3)6-7-13-10(12)9-5-4-8-14-9/h8-10H,4-7,11-14H2,1-3H3;8-9,13H,4-7,10-12,14H2,1-3H3;7-9H,4-6,10-13H2,1-3H3;7-9H,4-6,10-11H2,1-3H3;7-8,11H,4-6,9-10H2,1-3H3;4-6H,7-8H2,1-3H3;4-5,8H,6-7H2,1-3H3/q;+1;;;+1;;+1/p+4. The van der Waals surface area contributed by atoms with Gasteiger partial charge in [0.15, 0.2) is 0 Å². The second kappa shape index (κ2) is 62.8. The van der Waals surface area contributed by atoms with Gasteiger partial charge in [-0.15, -0.1) is 22.7 Å². The highest BCUT2D eigenvalue weighted by atomic mass is 32.1. The number of quaternary nitrogens is 7. The largest absolute Gasteiger partial charge is 0.457 e. The molecule has 4 N–H and O–H groups in total. The van der Waals surface area contributed by atoms with Crippen molar-refractivity contribution in [1.82, 2.24) is 19.9 Å². The number of carbonyl (C=O) groups is 7. The second-order valence-corrected chi connectivity index (χ2v) is 34.4. The fourth-order valence-electron chi connectivity index (χ4n) is 13.6. The molecule has 0 saturated heterocycles. The fourth-order valence-corrected chi connectivity index (χ4v) is 14.9. The van der Waals surface area contributed by atoms with Crippen molar-refractivity contribution < 1.29 is 103 Å². The number of rotatable bonds is 51. The molecule has 0 spiro atoms. The van der Waals surface area contributed by atoms with Crippen molar-refractivity contribution in [3.63, 3.8) is 0 Å². The van der Waals surface area contributed by atoms with Gasteiger partial charge in [0.05, 0.1) is 147 Å². The van der Waals surface area contributed by atoms with E-state index in [1.165, 1.54) is 87.0 Å². The van der Waals surface area contributed by atoms with Crippen molar-refractivity contribution in [2.45, 2.75) is 155 Å². The first-order chi connectivity index (χ1) is 57.8. The maximum atomic E-state index is 11.8. The summed E-state index contributed by atoms with van der Waals surface area (Å²) in [7, 11) is 12.4. The zero-order valence-electron chi connectivity index (χ0n) is 78.4. The van der Waals surface area contributed by atoms with Gasteiger partial charge in [-0.1, -0.05) is 66.5 Å². The van der Waals surface area contributed by atoms with E-state index in [9.17, 15) is 33.6 Å². The highest BCUT2D eigenvalue weighted by Gasteiger charge is 2.29. The van der Waals surface area contributed by atoms with Crippen LogP contribution in [-0.4, -0.2) is 326 Å².